The van der Waals surface area contributed by atoms with E-state index >= 15 is 0 Å². The Morgan fingerprint density at radius 1 is 1.41 bits per heavy atom. The van der Waals surface area contributed by atoms with Crippen LogP contribution in [0.5, 0.6) is 0 Å². The largest absolute Gasteiger partial charge is 0.462 e. The first kappa shape index (κ1) is 20.7. The minimum Gasteiger partial charge on any atom is -0.462 e. The molecule has 3 fully saturated rings. The van der Waals surface area contributed by atoms with Gasteiger partial charge < -0.3 is 19.3 Å². The summed E-state index contributed by atoms with van der Waals surface area (Å²) in [6.45, 7) is 2.49. The molecule has 0 aromatic carbocycles. The van der Waals surface area contributed by atoms with Crippen molar-refractivity contribution < 1.29 is 32.9 Å². The number of ether oxygens (including phenoxy) is 3. The highest BCUT2D eigenvalue weighted by Gasteiger charge is 2.49. The van der Waals surface area contributed by atoms with Crippen molar-refractivity contribution in [2.24, 2.45) is 11.8 Å². The lowest BCUT2D eigenvalue weighted by Crippen LogP contribution is -2.39. The molecular formula is C20H30F2O5. The van der Waals surface area contributed by atoms with Gasteiger partial charge in [-0.3, -0.25) is 4.79 Å². The van der Waals surface area contributed by atoms with E-state index in [0.717, 1.165) is 25.3 Å². The number of hydrogen-bond acceptors (Lipinski definition) is 5. The summed E-state index contributed by atoms with van der Waals surface area (Å²) in [4.78, 5) is 11.4. The van der Waals surface area contributed by atoms with Crippen LogP contribution in [-0.4, -0.2) is 48.2 Å². The van der Waals surface area contributed by atoms with Crippen LogP contribution in [0.3, 0.4) is 0 Å². The third-order valence-corrected chi connectivity index (χ3v) is 5.82. The SMILES string of the molecule is CCCCC(OC1CCCCO1)C(F)(F)/C=C/[C@@H]1[C@H]2CC(=O)O[C@H]2C[C@H]1O. The molecular weight excluding hydrogens is 358 g/mol. The molecule has 0 aromatic rings. The van der Waals surface area contributed by atoms with Crippen LogP contribution in [0, 0.1) is 11.8 Å². The average Bonchev–Trinajstić information content (AvgIpc) is 3.12. The molecule has 2 unspecified atom stereocenters. The summed E-state index contributed by atoms with van der Waals surface area (Å²) in [5.41, 5.74) is 0. The third kappa shape index (κ3) is 5.06. The molecule has 2 heterocycles. The second-order valence-electron chi connectivity index (χ2n) is 7.87. The number of carbonyl (C=O) groups is 1. The highest BCUT2D eigenvalue weighted by Crippen LogP contribution is 2.43. The van der Waals surface area contributed by atoms with E-state index in [4.69, 9.17) is 14.2 Å². The maximum Gasteiger partial charge on any atom is 0.306 e. The van der Waals surface area contributed by atoms with Crippen molar-refractivity contribution in [3.8, 4) is 0 Å². The zero-order chi connectivity index (χ0) is 19.4. The highest BCUT2D eigenvalue weighted by atomic mass is 19.3. The summed E-state index contributed by atoms with van der Waals surface area (Å²) in [6.07, 6.45) is 3.89. The lowest BCUT2D eigenvalue weighted by Gasteiger charge is -2.31. The molecule has 2 saturated heterocycles. The number of aliphatic hydroxyl groups is 1. The Morgan fingerprint density at radius 2 is 2.22 bits per heavy atom. The molecule has 1 N–H and O–H groups in total. The van der Waals surface area contributed by atoms with Crippen LogP contribution in [0.2, 0.25) is 0 Å². The Balaban J connectivity index is 1.66. The lowest BCUT2D eigenvalue weighted by atomic mass is 9.91. The summed E-state index contributed by atoms with van der Waals surface area (Å²) >= 11 is 0. The van der Waals surface area contributed by atoms with E-state index < -0.39 is 30.3 Å². The summed E-state index contributed by atoms with van der Waals surface area (Å²) < 4.78 is 46.1. The third-order valence-electron chi connectivity index (χ3n) is 5.82. The Bertz CT molecular complexity index is 532. The molecule has 2 aliphatic heterocycles. The number of rotatable bonds is 8. The molecule has 154 valence electrons. The Morgan fingerprint density at radius 3 is 2.93 bits per heavy atom. The van der Waals surface area contributed by atoms with Gasteiger partial charge in [-0.15, -0.1) is 0 Å². The predicted molar refractivity (Wildman–Crippen MR) is 94.2 cm³/mol. The van der Waals surface area contributed by atoms with Crippen molar-refractivity contribution in [1.29, 1.82) is 0 Å². The van der Waals surface area contributed by atoms with Gasteiger partial charge in [0.2, 0.25) is 0 Å². The quantitative estimate of drug-likeness (QED) is 0.508. The van der Waals surface area contributed by atoms with E-state index in [2.05, 4.69) is 0 Å². The van der Waals surface area contributed by atoms with E-state index in [9.17, 15) is 18.7 Å². The Kier molecular flexibility index (Phi) is 6.87. The number of unbranched alkanes of at least 4 members (excludes halogenated alkanes) is 1. The fourth-order valence-electron chi connectivity index (χ4n) is 4.28. The zero-order valence-corrected chi connectivity index (χ0v) is 15.8. The van der Waals surface area contributed by atoms with Crippen molar-refractivity contribution in [1.82, 2.24) is 0 Å². The first-order valence-corrected chi connectivity index (χ1v) is 10.1. The lowest BCUT2D eigenvalue weighted by molar-refractivity contribution is -0.229. The number of alkyl halides is 2. The van der Waals surface area contributed by atoms with Crippen molar-refractivity contribution >= 4 is 5.97 Å². The average molecular weight is 388 g/mol. The number of fused-ring (bicyclic) bond motifs is 1. The smallest absolute Gasteiger partial charge is 0.306 e. The molecule has 3 rings (SSSR count). The van der Waals surface area contributed by atoms with Crippen LogP contribution in [0.25, 0.3) is 0 Å². The van der Waals surface area contributed by atoms with Crippen LogP contribution in [-0.2, 0) is 19.0 Å². The van der Waals surface area contributed by atoms with Crippen LogP contribution in [0.15, 0.2) is 12.2 Å². The van der Waals surface area contributed by atoms with Crippen molar-refractivity contribution in [3.63, 3.8) is 0 Å². The molecule has 7 heteroatoms. The van der Waals surface area contributed by atoms with Gasteiger partial charge in [0.1, 0.15) is 12.2 Å². The molecule has 27 heavy (non-hydrogen) atoms. The molecule has 5 nitrogen and oxygen atoms in total. The standard InChI is InChI=1S/C20H30F2O5/c1-2-3-6-17(27-19-7-4-5-10-25-19)20(21,22)9-8-13-14-11-18(24)26-16(14)12-15(13)23/h8-9,13-17,19,23H,2-7,10-12H2,1H3/b9-8+/t13-,14-,15-,16+,17?,19?/m1/s1. The van der Waals surface area contributed by atoms with E-state index in [-0.39, 0.29) is 30.8 Å². The first-order chi connectivity index (χ1) is 12.9. The Hall–Kier alpha value is -1.05. The van der Waals surface area contributed by atoms with Gasteiger partial charge in [-0.05, 0) is 31.8 Å². The number of hydrogen-bond donors (Lipinski definition) is 1. The molecule has 1 aliphatic carbocycles. The second-order valence-corrected chi connectivity index (χ2v) is 7.87. The number of carbonyl (C=O) groups excluding carboxylic acids is 1. The van der Waals surface area contributed by atoms with Gasteiger partial charge in [-0.25, -0.2) is 0 Å². The maximum absolute atomic E-state index is 14.9. The molecule has 6 atom stereocenters. The summed E-state index contributed by atoms with van der Waals surface area (Å²) in [5.74, 6) is -4.21. The van der Waals surface area contributed by atoms with Crippen LogP contribution < -0.4 is 0 Å². The molecule has 0 aromatic heterocycles. The summed E-state index contributed by atoms with van der Waals surface area (Å²) in [6, 6.07) is 0. The number of esters is 1. The van der Waals surface area contributed by atoms with E-state index in [1.165, 1.54) is 6.08 Å². The normalized spacial score (nSPS) is 35.4. The minimum absolute atomic E-state index is 0.175. The second kappa shape index (κ2) is 8.97. The van der Waals surface area contributed by atoms with Crippen LogP contribution in [0.4, 0.5) is 8.78 Å². The van der Waals surface area contributed by atoms with Crippen LogP contribution >= 0.6 is 0 Å². The monoisotopic (exact) mass is 388 g/mol. The predicted octanol–water partition coefficient (Wildman–Crippen LogP) is 3.59. The number of aliphatic hydroxyl groups excluding tert-OH is 1. The Labute approximate surface area is 159 Å². The van der Waals surface area contributed by atoms with Gasteiger partial charge in [0.15, 0.2) is 6.29 Å². The molecule has 0 bridgehead atoms. The fraction of sp³-hybridized carbons (Fsp3) is 0.850. The molecule has 1 saturated carbocycles. The van der Waals surface area contributed by atoms with Gasteiger partial charge >= 0.3 is 5.97 Å². The zero-order valence-electron chi connectivity index (χ0n) is 15.8. The van der Waals surface area contributed by atoms with Gasteiger partial charge in [-0.1, -0.05) is 25.8 Å². The highest BCUT2D eigenvalue weighted by molar-refractivity contribution is 5.72. The topological polar surface area (TPSA) is 65.0 Å². The maximum atomic E-state index is 14.9. The molecule has 0 radical (unpaired) electrons. The van der Waals surface area contributed by atoms with Gasteiger partial charge in [-0.2, -0.15) is 8.78 Å². The van der Waals surface area contributed by atoms with Crippen molar-refractivity contribution in [3.05, 3.63) is 12.2 Å². The fourth-order valence-corrected chi connectivity index (χ4v) is 4.28. The van der Waals surface area contributed by atoms with E-state index in [1.54, 1.807) is 0 Å². The van der Waals surface area contributed by atoms with Crippen LogP contribution in [0.1, 0.15) is 58.3 Å². The summed E-state index contributed by atoms with van der Waals surface area (Å²) in [5, 5.41) is 10.2. The van der Waals surface area contributed by atoms with Gasteiger partial charge in [0.05, 0.1) is 12.5 Å². The minimum atomic E-state index is -3.17. The van der Waals surface area contributed by atoms with Crippen molar-refractivity contribution in [2.45, 2.75) is 88.8 Å². The molecule has 3 aliphatic rings. The van der Waals surface area contributed by atoms with E-state index in [1.807, 2.05) is 6.92 Å². The number of halogens is 2. The van der Waals surface area contributed by atoms with Crippen molar-refractivity contribution in [2.75, 3.05) is 6.61 Å². The molecule has 0 spiro atoms. The van der Waals surface area contributed by atoms with Gasteiger partial charge in [0, 0.05) is 24.9 Å². The molecule has 0 amide bonds. The summed E-state index contributed by atoms with van der Waals surface area (Å²) in [7, 11) is 0. The van der Waals surface area contributed by atoms with Gasteiger partial charge in [0.25, 0.3) is 5.92 Å². The van der Waals surface area contributed by atoms with E-state index in [0.29, 0.717) is 25.9 Å². The first-order valence-electron chi connectivity index (χ1n) is 10.1.